The number of hydrogen-bond donors (Lipinski definition) is 2. The molecule has 0 saturated carbocycles. The smallest absolute Gasteiger partial charge is 0.333 e. The predicted molar refractivity (Wildman–Crippen MR) is 148 cm³/mol. The van der Waals surface area contributed by atoms with Crippen molar-refractivity contribution in [3.63, 3.8) is 0 Å². The summed E-state index contributed by atoms with van der Waals surface area (Å²) in [4.78, 5) is 61.9. The quantitative estimate of drug-likeness (QED) is 0.157. The Kier molecular flexibility index (Phi) is 11.6. The largest absolute Gasteiger partial charge is 0.479 e. The number of nitrogens with zero attached hydrogens (tertiary/aromatic N) is 3. The van der Waals surface area contributed by atoms with Gasteiger partial charge in [-0.15, -0.1) is 0 Å². The highest BCUT2D eigenvalue weighted by Crippen LogP contribution is 2.28. The van der Waals surface area contributed by atoms with Crippen molar-refractivity contribution in [3.05, 3.63) is 41.5 Å². The zero-order valence-corrected chi connectivity index (χ0v) is 24.3. The summed E-state index contributed by atoms with van der Waals surface area (Å²) in [6.07, 6.45) is 1.05. The van der Waals surface area contributed by atoms with Gasteiger partial charge in [-0.05, 0) is 24.5 Å². The Labute approximate surface area is 244 Å². The fraction of sp³-hybridized carbons (Fsp3) is 0.552. The summed E-state index contributed by atoms with van der Waals surface area (Å²) in [5, 5.41) is 19.4. The highest BCUT2D eigenvalue weighted by atomic mass is 16.7. The van der Waals surface area contributed by atoms with E-state index in [4.69, 9.17) is 14.2 Å². The third-order valence-corrected chi connectivity index (χ3v) is 6.94. The SMILES string of the molecule is C[N+](C)(C)CCCN(CCCc1ccc(COC=O)c(OC2CC(O)CC(C(=O)O)O2)c1)C(=O)CN1C(=O)C=CC1=O. The van der Waals surface area contributed by atoms with E-state index in [9.17, 15) is 34.2 Å². The zero-order valence-electron chi connectivity index (χ0n) is 24.3. The normalized spacial score (nSPS) is 20.5. The van der Waals surface area contributed by atoms with Crippen molar-refractivity contribution in [3.8, 4) is 5.75 Å². The van der Waals surface area contributed by atoms with Gasteiger partial charge < -0.3 is 33.8 Å². The first-order valence-corrected chi connectivity index (χ1v) is 13.9. The molecule has 3 amide bonds. The Bertz CT molecular complexity index is 1160. The molecule has 0 bridgehead atoms. The highest BCUT2D eigenvalue weighted by Gasteiger charge is 2.34. The van der Waals surface area contributed by atoms with Crippen molar-refractivity contribution in [1.82, 2.24) is 9.80 Å². The third kappa shape index (κ3) is 9.93. The molecular formula is C29H40N3O10+. The minimum atomic E-state index is -1.21. The summed E-state index contributed by atoms with van der Waals surface area (Å²) in [5.74, 6) is -2.19. The average Bonchev–Trinajstić information content (AvgIpc) is 3.22. The number of carboxylic acid groups (broad SMARTS) is 1. The summed E-state index contributed by atoms with van der Waals surface area (Å²) in [7, 11) is 6.18. The van der Waals surface area contributed by atoms with Gasteiger partial charge in [-0.3, -0.25) is 24.1 Å². The van der Waals surface area contributed by atoms with Gasteiger partial charge in [0.1, 0.15) is 18.9 Å². The summed E-state index contributed by atoms with van der Waals surface area (Å²) >= 11 is 0. The third-order valence-electron chi connectivity index (χ3n) is 6.94. The lowest BCUT2D eigenvalue weighted by Gasteiger charge is -2.31. The second kappa shape index (κ2) is 14.9. The van der Waals surface area contributed by atoms with Crippen molar-refractivity contribution in [1.29, 1.82) is 0 Å². The van der Waals surface area contributed by atoms with Crippen molar-refractivity contribution >= 4 is 30.2 Å². The summed E-state index contributed by atoms with van der Waals surface area (Å²) < 4.78 is 17.1. The maximum atomic E-state index is 13.1. The lowest BCUT2D eigenvalue weighted by atomic mass is 10.0. The van der Waals surface area contributed by atoms with E-state index in [0.717, 1.165) is 40.1 Å². The first-order chi connectivity index (χ1) is 19.9. The second-order valence-corrected chi connectivity index (χ2v) is 11.4. The fourth-order valence-corrected chi connectivity index (χ4v) is 4.74. The van der Waals surface area contributed by atoms with Crippen LogP contribution < -0.4 is 4.74 Å². The molecule has 3 atom stereocenters. The number of rotatable bonds is 16. The number of carboxylic acids is 1. The molecule has 1 saturated heterocycles. The van der Waals surface area contributed by atoms with E-state index in [2.05, 4.69) is 21.1 Å². The van der Waals surface area contributed by atoms with Crippen LogP contribution in [0.1, 0.15) is 36.8 Å². The van der Waals surface area contributed by atoms with Crippen LogP contribution in [0.4, 0.5) is 0 Å². The van der Waals surface area contributed by atoms with Gasteiger partial charge in [-0.25, -0.2) is 4.79 Å². The fourth-order valence-electron chi connectivity index (χ4n) is 4.74. The monoisotopic (exact) mass is 590 g/mol. The standard InChI is InChI=1S/C29H39N3O10/c1-32(2,3)13-5-12-30(27(37)17-31-25(35)9-10-26(31)36)11-4-6-20-7-8-21(18-40-19-33)23(14-20)41-28-16-22(34)15-24(42-28)29(38)39/h7-10,14,19,22,24,28,34H,4-6,11-13,15-18H2,1-3H3/p+1. The molecule has 0 aromatic heterocycles. The molecule has 2 aliphatic heterocycles. The van der Waals surface area contributed by atoms with Crippen molar-refractivity contribution in [2.45, 2.75) is 57.2 Å². The first-order valence-electron chi connectivity index (χ1n) is 13.9. The lowest BCUT2D eigenvalue weighted by molar-refractivity contribution is -0.870. The van der Waals surface area contributed by atoms with Gasteiger partial charge >= 0.3 is 5.97 Å². The Morgan fingerprint density at radius 1 is 1.12 bits per heavy atom. The highest BCUT2D eigenvalue weighted by molar-refractivity contribution is 6.14. The Morgan fingerprint density at radius 3 is 2.45 bits per heavy atom. The van der Waals surface area contributed by atoms with Crippen molar-refractivity contribution in [2.75, 3.05) is 47.3 Å². The number of aliphatic carboxylic acids is 1. The van der Waals surface area contributed by atoms with Gasteiger partial charge in [0, 0.05) is 50.1 Å². The van der Waals surface area contributed by atoms with Gasteiger partial charge in [0.2, 0.25) is 12.2 Å². The molecule has 1 fully saturated rings. The molecule has 0 aliphatic carbocycles. The van der Waals surface area contributed by atoms with E-state index in [1.165, 1.54) is 0 Å². The Hall–Kier alpha value is -3.81. The molecule has 2 heterocycles. The molecule has 2 N–H and O–H groups in total. The number of aryl methyl sites for hydroxylation is 1. The maximum absolute atomic E-state index is 13.1. The number of amides is 3. The number of imide groups is 1. The molecule has 1 aromatic carbocycles. The van der Waals surface area contributed by atoms with Crippen LogP contribution in [-0.4, -0.2) is 120 Å². The van der Waals surface area contributed by atoms with Crippen LogP contribution in [0.15, 0.2) is 30.4 Å². The molecule has 2 aliphatic rings. The van der Waals surface area contributed by atoms with Crippen LogP contribution in [-0.2, 0) is 46.5 Å². The molecule has 0 radical (unpaired) electrons. The number of hydrogen-bond acceptors (Lipinski definition) is 9. The Balaban J connectivity index is 1.67. The van der Waals surface area contributed by atoms with E-state index in [1.54, 1.807) is 17.0 Å². The Morgan fingerprint density at radius 2 is 1.81 bits per heavy atom. The number of aliphatic hydroxyl groups is 1. The number of quaternary nitrogens is 1. The zero-order chi connectivity index (χ0) is 30.9. The second-order valence-electron chi connectivity index (χ2n) is 11.4. The van der Waals surface area contributed by atoms with E-state index >= 15 is 0 Å². The van der Waals surface area contributed by atoms with E-state index < -0.39 is 36.3 Å². The molecule has 0 spiro atoms. The van der Waals surface area contributed by atoms with Crippen LogP contribution in [0.25, 0.3) is 0 Å². The number of benzene rings is 1. The molecule has 230 valence electrons. The lowest BCUT2D eigenvalue weighted by Crippen LogP contribution is -2.44. The van der Waals surface area contributed by atoms with Gasteiger partial charge in [0.05, 0.1) is 33.8 Å². The van der Waals surface area contributed by atoms with E-state index in [0.29, 0.717) is 43.7 Å². The minimum absolute atomic E-state index is 0.0447. The first kappa shape index (κ1) is 32.7. The summed E-state index contributed by atoms with van der Waals surface area (Å²) in [6.45, 7) is 1.61. The average molecular weight is 591 g/mol. The predicted octanol–water partition coefficient (Wildman–Crippen LogP) is 0.472. The van der Waals surface area contributed by atoms with Gasteiger partial charge in [-0.1, -0.05) is 12.1 Å². The van der Waals surface area contributed by atoms with Gasteiger partial charge in [0.15, 0.2) is 6.10 Å². The molecule has 13 nitrogen and oxygen atoms in total. The number of aliphatic hydroxyl groups excluding tert-OH is 1. The summed E-state index contributed by atoms with van der Waals surface area (Å²) in [5.41, 5.74) is 1.38. The molecule has 3 rings (SSSR count). The van der Waals surface area contributed by atoms with E-state index in [1.807, 2.05) is 6.07 Å². The minimum Gasteiger partial charge on any atom is -0.479 e. The van der Waals surface area contributed by atoms with Crippen molar-refractivity contribution in [2.24, 2.45) is 0 Å². The summed E-state index contributed by atoms with van der Waals surface area (Å²) in [6, 6.07) is 5.30. The van der Waals surface area contributed by atoms with Crippen LogP contribution in [0, 0.1) is 0 Å². The molecule has 42 heavy (non-hydrogen) atoms. The van der Waals surface area contributed by atoms with E-state index in [-0.39, 0.29) is 31.9 Å². The molecule has 3 unspecified atom stereocenters. The molecule has 1 aromatic rings. The van der Waals surface area contributed by atoms with Crippen LogP contribution >= 0.6 is 0 Å². The molecule has 13 heteroatoms. The topological polar surface area (TPSA) is 160 Å². The molecular weight excluding hydrogens is 550 g/mol. The number of carbonyl (C=O) groups excluding carboxylic acids is 4. The van der Waals surface area contributed by atoms with Crippen LogP contribution in [0.3, 0.4) is 0 Å². The van der Waals surface area contributed by atoms with Gasteiger partial charge in [0.25, 0.3) is 18.3 Å². The van der Waals surface area contributed by atoms with Crippen molar-refractivity contribution < 1.29 is 52.9 Å². The van der Waals surface area contributed by atoms with Crippen LogP contribution in [0.2, 0.25) is 0 Å². The van der Waals surface area contributed by atoms with Crippen LogP contribution in [0.5, 0.6) is 5.75 Å². The van der Waals surface area contributed by atoms with Gasteiger partial charge in [-0.2, -0.15) is 0 Å². The number of ether oxygens (including phenoxy) is 3. The maximum Gasteiger partial charge on any atom is 0.333 e. The number of carbonyl (C=O) groups is 5.